The number of benzene rings is 2. The van der Waals surface area contributed by atoms with Crippen LogP contribution in [-0.2, 0) is 4.79 Å². The van der Waals surface area contributed by atoms with Gasteiger partial charge in [-0.2, -0.15) is 0 Å². The summed E-state index contributed by atoms with van der Waals surface area (Å²) in [6.45, 7) is 2.51. The molecule has 0 atom stereocenters. The number of carbonyl (C=O) groups is 2. The fraction of sp³-hybridized carbons (Fsp3) is 0.391. The monoisotopic (exact) mass is 395 g/mol. The summed E-state index contributed by atoms with van der Waals surface area (Å²) in [5, 5.41) is 5.88. The van der Waals surface area contributed by atoms with Gasteiger partial charge >= 0.3 is 0 Å². The molecule has 0 aromatic heterocycles. The minimum atomic E-state index is -0.150. The summed E-state index contributed by atoms with van der Waals surface area (Å²) in [6.07, 6.45) is 4.59. The molecule has 1 aliphatic heterocycles. The van der Waals surface area contributed by atoms with E-state index in [1.54, 1.807) is 31.4 Å². The number of amides is 2. The Morgan fingerprint density at radius 1 is 1.00 bits per heavy atom. The van der Waals surface area contributed by atoms with Crippen molar-refractivity contribution < 1.29 is 14.3 Å². The number of nitrogens with zero attached hydrogens (tertiary/aromatic N) is 1. The van der Waals surface area contributed by atoms with Crippen molar-refractivity contribution in [3.8, 4) is 5.75 Å². The number of para-hydroxylation sites is 2. The van der Waals surface area contributed by atoms with Gasteiger partial charge in [-0.25, -0.2) is 0 Å². The van der Waals surface area contributed by atoms with Crippen molar-refractivity contribution in [2.24, 2.45) is 0 Å². The number of carbonyl (C=O) groups excluding carboxylic acids is 2. The van der Waals surface area contributed by atoms with Crippen molar-refractivity contribution in [2.45, 2.75) is 32.1 Å². The smallest absolute Gasteiger partial charge is 0.251 e. The van der Waals surface area contributed by atoms with Gasteiger partial charge in [0.05, 0.1) is 18.5 Å². The molecule has 2 amide bonds. The van der Waals surface area contributed by atoms with E-state index in [0.717, 1.165) is 24.5 Å². The lowest BCUT2D eigenvalue weighted by atomic mass is 10.1. The maximum atomic E-state index is 12.4. The summed E-state index contributed by atoms with van der Waals surface area (Å²) in [4.78, 5) is 26.9. The molecule has 2 aromatic carbocycles. The molecule has 0 spiro atoms. The zero-order valence-electron chi connectivity index (χ0n) is 16.9. The molecule has 0 saturated carbocycles. The Balaban J connectivity index is 1.44. The molecule has 2 N–H and O–H groups in total. The highest BCUT2D eigenvalue weighted by molar-refractivity contribution is 5.95. The van der Waals surface area contributed by atoms with Crippen LogP contribution in [0.2, 0.25) is 0 Å². The van der Waals surface area contributed by atoms with Gasteiger partial charge in [-0.3, -0.25) is 9.59 Å². The first-order valence-corrected chi connectivity index (χ1v) is 10.2. The van der Waals surface area contributed by atoms with Crippen molar-refractivity contribution in [2.75, 3.05) is 37.0 Å². The summed E-state index contributed by atoms with van der Waals surface area (Å²) >= 11 is 0. The molecule has 2 aromatic rings. The second kappa shape index (κ2) is 10.5. The zero-order valence-corrected chi connectivity index (χ0v) is 16.9. The van der Waals surface area contributed by atoms with Gasteiger partial charge in [-0.05, 0) is 62.1 Å². The van der Waals surface area contributed by atoms with Crippen LogP contribution in [0.5, 0.6) is 5.75 Å². The van der Waals surface area contributed by atoms with E-state index in [2.05, 4.69) is 21.6 Å². The molecule has 0 bridgehead atoms. The van der Waals surface area contributed by atoms with Crippen LogP contribution in [0, 0.1) is 0 Å². The van der Waals surface area contributed by atoms with E-state index >= 15 is 0 Å². The predicted octanol–water partition coefficient (Wildman–Crippen LogP) is 3.83. The van der Waals surface area contributed by atoms with E-state index in [9.17, 15) is 9.59 Å². The molecule has 1 saturated heterocycles. The maximum Gasteiger partial charge on any atom is 0.251 e. The van der Waals surface area contributed by atoms with E-state index in [4.69, 9.17) is 4.74 Å². The highest BCUT2D eigenvalue weighted by Gasteiger charge is 2.15. The Bertz CT molecular complexity index is 814. The third-order valence-electron chi connectivity index (χ3n) is 5.09. The van der Waals surface area contributed by atoms with Gasteiger partial charge in [0, 0.05) is 31.6 Å². The summed E-state index contributed by atoms with van der Waals surface area (Å²) in [5.74, 6) is 0.528. The van der Waals surface area contributed by atoms with Gasteiger partial charge < -0.3 is 20.3 Å². The average molecular weight is 396 g/mol. The minimum Gasteiger partial charge on any atom is -0.497 e. The number of methoxy groups -OCH3 is 1. The fourth-order valence-electron chi connectivity index (χ4n) is 3.50. The number of ether oxygens (including phenoxy) is 1. The van der Waals surface area contributed by atoms with Crippen molar-refractivity contribution in [3.05, 3.63) is 54.1 Å². The number of rotatable bonds is 8. The lowest BCUT2D eigenvalue weighted by molar-refractivity contribution is -0.116. The number of piperidine rings is 1. The fourth-order valence-corrected chi connectivity index (χ4v) is 3.50. The number of hydrogen-bond donors (Lipinski definition) is 2. The van der Waals surface area contributed by atoms with Crippen LogP contribution in [0.15, 0.2) is 48.5 Å². The van der Waals surface area contributed by atoms with Gasteiger partial charge in [0.25, 0.3) is 5.91 Å². The zero-order chi connectivity index (χ0) is 20.5. The highest BCUT2D eigenvalue weighted by Crippen LogP contribution is 2.28. The topological polar surface area (TPSA) is 70.7 Å². The van der Waals surface area contributed by atoms with Gasteiger partial charge in [-0.1, -0.05) is 12.1 Å². The third-order valence-corrected chi connectivity index (χ3v) is 5.09. The molecule has 0 unspecified atom stereocenters. The molecular formula is C23H29N3O3. The van der Waals surface area contributed by atoms with Gasteiger partial charge in [-0.15, -0.1) is 0 Å². The molecule has 154 valence electrons. The molecule has 3 rings (SSSR count). The van der Waals surface area contributed by atoms with E-state index in [1.165, 1.54) is 19.3 Å². The molecule has 1 heterocycles. The van der Waals surface area contributed by atoms with E-state index in [1.807, 2.05) is 18.2 Å². The second-order valence-electron chi connectivity index (χ2n) is 7.20. The van der Waals surface area contributed by atoms with Crippen LogP contribution in [-0.4, -0.2) is 38.6 Å². The van der Waals surface area contributed by atoms with E-state index in [0.29, 0.717) is 30.7 Å². The summed E-state index contributed by atoms with van der Waals surface area (Å²) in [6, 6.07) is 14.9. The Morgan fingerprint density at radius 2 is 1.72 bits per heavy atom. The average Bonchev–Trinajstić information content (AvgIpc) is 2.77. The van der Waals surface area contributed by atoms with Gasteiger partial charge in [0.2, 0.25) is 5.91 Å². The SMILES string of the molecule is COc1ccc(C(=O)NCCCC(=O)Nc2ccccc2N2CCCCC2)cc1. The normalized spacial score (nSPS) is 13.6. The van der Waals surface area contributed by atoms with Crippen LogP contribution < -0.4 is 20.3 Å². The van der Waals surface area contributed by atoms with Crippen LogP contribution >= 0.6 is 0 Å². The number of anilines is 2. The van der Waals surface area contributed by atoms with Crippen LogP contribution in [0.25, 0.3) is 0 Å². The van der Waals surface area contributed by atoms with E-state index < -0.39 is 0 Å². The van der Waals surface area contributed by atoms with Crippen molar-refractivity contribution in [3.63, 3.8) is 0 Å². The summed E-state index contributed by atoms with van der Waals surface area (Å²) in [5.41, 5.74) is 2.53. The minimum absolute atomic E-state index is 0.0341. The van der Waals surface area contributed by atoms with Crippen LogP contribution in [0.4, 0.5) is 11.4 Å². The molecule has 6 heteroatoms. The molecule has 0 aliphatic carbocycles. The maximum absolute atomic E-state index is 12.4. The third kappa shape index (κ3) is 5.98. The quantitative estimate of drug-likeness (QED) is 0.667. The Morgan fingerprint density at radius 3 is 2.45 bits per heavy atom. The molecule has 0 radical (unpaired) electrons. The predicted molar refractivity (Wildman–Crippen MR) is 116 cm³/mol. The molecule has 1 aliphatic rings. The number of hydrogen-bond acceptors (Lipinski definition) is 4. The summed E-state index contributed by atoms with van der Waals surface area (Å²) < 4.78 is 5.09. The van der Waals surface area contributed by atoms with Gasteiger partial charge in [0.1, 0.15) is 5.75 Å². The molecule has 1 fully saturated rings. The Hall–Kier alpha value is -3.02. The lowest BCUT2D eigenvalue weighted by Crippen LogP contribution is -2.30. The standard InChI is InChI=1S/C23H29N3O3/c1-29-19-13-11-18(12-14-19)23(28)24-15-7-10-22(27)25-20-8-3-4-9-21(20)26-16-5-2-6-17-26/h3-4,8-9,11-14H,2,5-7,10,15-17H2,1H3,(H,24,28)(H,25,27). The van der Waals surface area contributed by atoms with Crippen LogP contribution in [0.1, 0.15) is 42.5 Å². The number of nitrogens with one attached hydrogen (secondary N) is 2. The van der Waals surface area contributed by atoms with E-state index in [-0.39, 0.29) is 11.8 Å². The largest absolute Gasteiger partial charge is 0.497 e. The van der Waals surface area contributed by atoms with Crippen molar-refractivity contribution in [1.29, 1.82) is 0 Å². The lowest BCUT2D eigenvalue weighted by Gasteiger charge is -2.30. The first kappa shape index (κ1) is 20.7. The summed E-state index contributed by atoms with van der Waals surface area (Å²) in [7, 11) is 1.59. The Kier molecular flexibility index (Phi) is 7.50. The first-order valence-electron chi connectivity index (χ1n) is 10.2. The van der Waals surface area contributed by atoms with Crippen molar-refractivity contribution in [1.82, 2.24) is 5.32 Å². The van der Waals surface area contributed by atoms with Crippen molar-refractivity contribution >= 4 is 23.2 Å². The van der Waals surface area contributed by atoms with Gasteiger partial charge in [0.15, 0.2) is 0 Å². The van der Waals surface area contributed by atoms with Crippen LogP contribution in [0.3, 0.4) is 0 Å². The highest BCUT2D eigenvalue weighted by atomic mass is 16.5. The first-order chi connectivity index (χ1) is 14.2. The second-order valence-corrected chi connectivity index (χ2v) is 7.20. The molecule has 6 nitrogen and oxygen atoms in total. The molecular weight excluding hydrogens is 366 g/mol. The molecule has 29 heavy (non-hydrogen) atoms. The Labute approximate surface area is 172 Å².